The van der Waals surface area contributed by atoms with Gasteiger partial charge in [-0.05, 0) is 25.0 Å². The van der Waals surface area contributed by atoms with Gasteiger partial charge in [0.25, 0.3) is 0 Å². The van der Waals surface area contributed by atoms with Gasteiger partial charge < -0.3 is 10.3 Å². The SMILES string of the molecule is N=c1ccc(C(=O)C2=CC=CCC2)cn1CC(N)=O. The summed E-state index contributed by atoms with van der Waals surface area (Å²) >= 11 is 0. The van der Waals surface area contributed by atoms with Crippen LogP contribution in [0.4, 0.5) is 0 Å². The molecule has 0 aromatic carbocycles. The van der Waals surface area contributed by atoms with Gasteiger partial charge in [-0.3, -0.25) is 15.0 Å². The minimum Gasteiger partial charge on any atom is -0.368 e. The fraction of sp³-hybridized carbons (Fsp3) is 0.214. The van der Waals surface area contributed by atoms with Gasteiger partial charge in [0.1, 0.15) is 12.0 Å². The summed E-state index contributed by atoms with van der Waals surface area (Å²) in [5.74, 6) is -0.606. The van der Waals surface area contributed by atoms with Crippen LogP contribution in [0, 0.1) is 5.41 Å². The van der Waals surface area contributed by atoms with Gasteiger partial charge in [-0.1, -0.05) is 18.2 Å². The highest BCUT2D eigenvalue weighted by Crippen LogP contribution is 2.16. The van der Waals surface area contributed by atoms with Crippen molar-refractivity contribution in [2.45, 2.75) is 19.4 Å². The molecule has 1 aromatic rings. The largest absolute Gasteiger partial charge is 0.368 e. The maximum absolute atomic E-state index is 12.3. The normalized spacial score (nSPS) is 14.0. The van der Waals surface area contributed by atoms with E-state index in [1.165, 1.54) is 16.8 Å². The highest BCUT2D eigenvalue weighted by Gasteiger charge is 2.13. The number of allylic oxidation sites excluding steroid dienone is 4. The monoisotopic (exact) mass is 257 g/mol. The standard InChI is InChI=1S/C14H15N3O2/c15-12-7-6-11(8-17(12)9-13(16)18)14(19)10-4-2-1-3-5-10/h1-2,4,6-8,15H,3,5,9H2,(H2,16,18). The number of nitrogens with two attached hydrogens (primary N) is 1. The van der Waals surface area contributed by atoms with Crippen molar-refractivity contribution in [1.82, 2.24) is 4.57 Å². The number of primary amides is 1. The van der Waals surface area contributed by atoms with E-state index in [4.69, 9.17) is 11.1 Å². The minimum absolute atomic E-state index is 0.0671. The molecule has 0 saturated heterocycles. The van der Waals surface area contributed by atoms with Crippen LogP contribution in [0.25, 0.3) is 0 Å². The molecule has 0 atom stereocenters. The topological polar surface area (TPSA) is 88.9 Å². The van der Waals surface area contributed by atoms with Gasteiger partial charge in [-0.15, -0.1) is 0 Å². The zero-order chi connectivity index (χ0) is 13.8. The molecule has 19 heavy (non-hydrogen) atoms. The number of ketones is 1. The van der Waals surface area contributed by atoms with Crippen molar-refractivity contribution in [3.05, 3.63) is 53.2 Å². The Bertz CT molecular complexity index is 638. The molecule has 0 saturated carbocycles. The number of hydrogen-bond donors (Lipinski definition) is 2. The van der Waals surface area contributed by atoms with E-state index >= 15 is 0 Å². The number of carbonyl (C=O) groups excluding carboxylic acids is 2. The van der Waals surface area contributed by atoms with Gasteiger partial charge >= 0.3 is 0 Å². The minimum atomic E-state index is -0.539. The first-order chi connectivity index (χ1) is 9.08. The zero-order valence-electron chi connectivity index (χ0n) is 10.4. The first kappa shape index (κ1) is 13.0. The molecule has 5 heteroatoms. The number of Topliss-reactive ketones (excluding diaryl/α,β-unsaturated/α-hetero) is 1. The highest BCUT2D eigenvalue weighted by molar-refractivity contribution is 6.08. The Labute approximate surface area is 110 Å². The maximum atomic E-state index is 12.3. The van der Waals surface area contributed by atoms with E-state index in [9.17, 15) is 9.59 Å². The molecule has 0 spiro atoms. The van der Waals surface area contributed by atoms with Crippen LogP contribution in [0.3, 0.4) is 0 Å². The number of hydrogen-bond acceptors (Lipinski definition) is 3. The maximum Gasteiger partial charge on any atom is 0.237 e. The Hall–Kier alpha value is -2.43. The van der Waals surface area contributed by atoms with E-state index in [0.29, 0.717) is 12.0 Å². The third-order valence-electron chi connectivity index (χ3n) is 2.92. The van der Waals surface area contributed by atoms with Gasteiger partial charge in [0, 0.05) is 17.3 Å². The molecule has 1 aliphatic carbocycles. The van der Waals surface area contributed by atoms with Crippen molar-refractivity contribution < 1.29 is 9.59 Å². The Kier molecular flexibility index (Phi) is 3.75. The predicted octanol–water partition coefficient (Wildman–Crippen LogP) is 0.912. The lowest BCUT2D eigenvalue weighted by molar-refractivity contribution is -0.118. The second kappa shape index (κ2) is 5.48. The van der Waals surface area contributed by atoms with E-state index in [1.54, 1.807) is 12.1 Å². The molecule has 1 aliphatic rings. The lowest BCUT2D eigenvalue weighted by Crippen LogP contribution is -2.28. The third-order valence-corrected chi connectivity index (χ3v) is 2.92. The van der Waals surface area contributed by atoms with Gasteiger partial charge in [0.2, 0.25) is 5.91 Å². The fourth-order valence-corrected chi connectivity index (χ4v) is 1.96. The summed E-state index contributed by atoms with van der Waals surface area (Å²) in [5, 5.41) is 7.66. The molecule has 0 aliphatic heterocycles. The number of pyridine rings is 1. The summed E-state index contributed by atoms with van der Waals surface area (Å²) in [6.45, 7) is -0.0983. The summed E-state index contributed by atoms with van der Waals surface area (Å²) in [6.07, 6.45) is 8.76. The van der Waals surface area contributed by atoms with Crippen LogP contribution in [0.15, 0.2) is 42.1 Å². The average molecular weight is 257 g/mol. The van der Waals surface area contributed by atoms with Crippen LogP contribution in [0.2, 0.25) is 0 Å². The molecule has 1 amide bonds. The van der Waals surface area contributed by atoms with E-state index in [1.807, 2.05) is 12.2 Å². The Morgan fingerprint density at radius 3 is 2.79 bits per heavy atom. The Balaban J connectivity index is 2.32. The second-order valence-electron chi connectivity index (χ2n) is 4.39. The van der Waals surface area contributed by atoms with Gasteiger partial charge in [-0.25, -0.2) is 0 Å². The van der Waals surface area contributed by atoms with Crippen LogP contribution >= 0.6 is 0 Å². The van der Waals surface area contributed by atoms with Crippen molar-refractivity contribution in [2.75, 3.05) is 0 Å². The molecule has 0 fully saturated rings. The van der Waals surface area contributed by atoms with Gasteiger partial charge in [0.05, 0.1) is 0 Å². The van der Waals surface area contributed by atoms with Crippen LogP contribution < -0.4 is 11.2 Å². The average Bonchev–Trinajstić information content (AvgIpc) is 2.41. The smallest absolute Gasteiger partial charge is 0.237 e. The summed E-state index contributed by atoms with van der Waals surface area (Å²) in [7, 11) is 0. The lowest BCUT2D eigenvalue weighted by atomic mass is 9.97. The second-order valence-corrected chi connectivity index (χ2v) is 4.39. The van der Waals surface area contributed by atoms with Crippen LogP contribution in [0.1, 0.15) is 23.2 Å². The summed E-state index contributed by atoms with van der Waals surface area (Å²) in [6, 6.07) is 3.09. The summed E-state index contributed by atoms with van der Waals surface area (Å²) in [5.41, 5.74) is 6.47. The fourth-order valence-electron chi connectivity index (χ4n) is 1.96. The summed E-state index contributed by atoms with van der Waals surface area (Å²) in [4.78, 5) is 23.2. The van der Waals surface area contributed by atoms with E-state index in [0.717, 1.165) is 12.0 Å². The number of nitrogens with zero attached hydrogens (tertiary/aromatic N) is 1. The zero-order valence-corrected chi connectivity index (χ0v) is 10.4. The molecular weight excluding hydrogens is 242 g/mol. The van der Waals surface area contributed by atoms with Crippen molar-refractivity contribution >= 4 is 11.7 Å². The lowest BCUT2D eigenvalue weighted by Gasteiger charge is -2.10. The molecule has 3 N–H and O–H groups in total. The molecule has 1 aromatic heterocycles. The molecule has 98 valence electrons. The number of aromatic nitrogens is 1. The molecule has 0 unspecified atom stereocenters. The third kappa shape index (κ3) is 3.07. The Morgan fingerprint density at radius 2 is 2.16 bits per heavy atom. The first-order valence-corrected chi connectivity index (χ1v) is 6.02. The molecule has 0 bridgehead atoms. The van der Waals surface area contributed by atoms with Crippen LogP contribution in [-0.2, 0) is 11.3 Å². The quantitative estimate of drug-likeness (QED) is 0.785. The first-order valence-electron chi connectivity index (χ1n) is 6.02. The molecule has 0 radical (unpaired) electrons. The molecular formula is C14H15N3O2. The van der Waals surface area contributed by atoms with E-state index < -0.39 is 5.91 Å². The van der Waals surface area contributed by atoms with Crippen molar-refractivity contribution in [3.63, 3.8) is 0 Å². The highest BCUT2D eigenvalue weighted by atomic mass is 16.1. The van der Waals surface area contributed by atoms with Crippen molar-refractivity contribution in [2.24, 2.45) is 5.73 Å². The van der Waals surface area contributed by atoms with Crippen LogP contribution in [-0.4, -0.2) is 16.3 Å². The van der Waals surface area contributed by atoms with Crippen LogP contribution in [0.5, 0.6) is 0 Å². The van der Waals surface area contributed by atoms with Gasteiger partial charge in [0.15, 0.2) is 5.78 Å². The molecule has 2 rings (SSSR count). The summed E-state index contributed by atoms with van der Waals surface area (Å²) < 4.78 is 1.37. The molecule has 1 heterocycles. The number of rotatable bonds is 4. The number of amides is 1. The van der Waals surface area contributed by atoms with Crippen molar-refractivity contribution in [1.29, 1.82) is 5.41 Å². The van der Waals surface area contributed by atoms with E-state index in [2.05, 4.69) is 0 Å². The number of nitrogens with one attached hydrogen (secondary N) is 1. The van der Waals surface area contributed by atoms with Crippen molar-refractivity contribution in [3.8, 4) is 0 Å². The molecule has 5 nitrogen and oxygen atoms in total. The van der Waals surface area contributed by atoms with Gasteiger partial charge in [-0.2, -0.15) is 0 Å². The predicted molar refractivity (Wildman–Crippen MR) is 70.3 cm³/mol. The Morgan fingerprint density at radius 1 is 1.37 bits per heavy atom. The number of carbonyl (C=O) groups is 2. The van der Waals surface area contributed by atoms with E-state index in [-0.39, 0.29) is 17.8 Å².